The normalized spacial score (nSPS) is 10.9. The zero-order valence-electron chi connectivity index (χ0n) is 20.5. The largest absolute Gasteiger partial charge is 0.484 e. The molecule has 0 aliphatic carbocycles. The van der Waals surface area contributed by atoms with Crippen LogP contribution in [-0.4, -0.2) is 24.3 Å². The van der Waals surface area contributed by atoms with Gasteiger partial charge in [0, 0.05) is 16.8 Å². The van der Waals surface area contributed by atoms with E-state index in [0.29, 0.717) is 22.6 Å². The molecule has 182 valence electrons. The molecule has 0 heterocycles. The number of nitrogens with one attached hydrogen (secondary N) is 3. The van der Waals surface area contributed by atoms with Crippen molar-refractivity contribution in [3.63, 3.8) is 0 Å². The van der Waals surface area contributed by atoms with Gasteiger partial charge in [0.1, 0.15) is 5.75 Å². The van der Waals surface area contributed by atoms with Gasteiger partial charge in [-0.2, -0.15) is 0 Å². The molecule has 0 aromatic heterocycles. The zero-order chi connectivity index (χ0) is 25.4. The van der Waals surface area contributed by atoms with Crippen LogP contribution in [0.1, 0.15) is 59.0 Å². The lowest BCUT2D eigenvalue weighted by molar-refractivity contribution is -0.123. The molecule has 7 nitrogen and oxygen atoms in total. The molecule has 3 aromatic rings. The van der Waals surface area contributed by atoms with Gasteiger partial charge in [0.25, 0.3) is 17.7 Å². The number of amides is 3. The van der Waals surface area contributed by atoms with Gasteiger partial charge < -0.3 is 10.1 Å². The van der Waals surface area contributed by atoms with Crippen LogP contribution in [0.15, 0.2) is 72.8 Å². The summed E-state index contributed by atoms with van der Waals surface area (Å²) in [5.74, 6) is -0.624. The summed E-state index contributed by atoms with van der Waals surface area (Å²) in [5, 5.41) is 2.81. The molecule has 35 heavy (non-hydrogen) atoms. The average molecular weight is 474 g/mol. The number of anilines is 1. The van der Waals surface area contributed by atoms with Crippen molar-refractivity contribution in [1.29, 1.82) is 0 Å². The molecule has 0 radical (unpaired) electrons. The SMILES string of the molecule is CCC(C)(C)c1ccc(OCC(=O)NNC(=O)c2ccc(NC(=O)c3ccccc3C)cc2)cc1. The van der Waals surface area contributed by atoms with E-state index in [0.717, 1.165) is 12.0 Å². The van der Waals surface area contributed by atoms with Gasteiger partial charge in [0.05, 0.1) is 0 Å². The second kappa shape index (κ2) is 11.3. The fourth-order valence-corrected chi connectivity index (χ4v) is 3.32. The molecule has 0 saturated heterocycles. The van der Waals surface area contributed by atoms with Crippen molar-refractivity contribution in [2.45, 2.75) is 39.5 Å². The fourth-order valence-electron chi connectivity index (χ4n) is 3.32. The van der Waals surface area contributed by atoms with E-state index in [1.54, 1.807) is 36.4 Å². The number of rotatable bonds is 8. The van der Waals surface area contributed by atoms with Gasteiger partial charge in [-0.25, -0.2) is 0 Å². The predicted molar refractivity (Wildman–Crippen MR) is 136 cm³/mol. The first kappa shape index (κ1) is 25.5. The van der Waals surface area contributed by atoms with Gasteiger partial charge in [-0.1, -0.05) is 51.1 Å². The average Bonchev–Trinajstić information content (AvgIpc) is 2.87. The van der Waals surface area contributed by atoms with Crippen LogP contribution in [-0.2, 0) is 10.2 Å². The van der Waals surface area contributed by atoms with Crippen LogP contribution in [0, 0.1) is 6.92 Å². The summed E-state index contributed by atoms with van der Waals surface area (Å²) in [7, 11) is 0. The van der Waals surface area contributed by atoms with Crippen molar-refractivity contribution in [3.05, 3.63) is 95.1 Å². The van der Waals surface area contributed by atoms with Crippen molar-refractivity contribution >= 4 is 23.4 Å². The number of hydrazine groups is 1. The van der Waals surface area contributed by atoms with Gasteiger partial charge in [0.2, 0.25) is 0 Å². The van der Waals surface area contributed by atoms with E-state index in [-0.39, 0.29) is 17.9 Å². The topological polar surface area (TPSA) is 96.5 Å². The molecule has 3 N–H and O–H groups in total. The molecule has 0 bridgehead atoms. The predicted octanol–water partition coefficient (Wildman–Crippen LogP) is 4.77. The highest BCUT2D eigenvalue weighted by Crippen LogP contribution is 2.28. The molecule has 3 amide bonds. The van der Waals surface area contributed by atoms with Crippen LogP contribution >= 0.6 is 0 Å². The van der Waals surface area contributed by atoms with Crippen LogP contribution in [0.25, 0.3) is 0 Å². The van der Waals surface area contributed by atoms with Gasteiger partial charge in [-0.15, -0.1) is 0 Å². The molecule has 0 aliphatic heterocycles. The summed E-state index contributed by atoms with van der Waals surface area (Å²) in [6.45, 7) is 8.12. The Bertz CT molecular complexity index is 1190. The van der Waals surface area contributed by atoms with Crippen molar-refractivity contribution in [1.82, 2.24) is 10.9 Å². The van der Waals surface area contributed by atoms with Crippen LogP contribution in [0.4, 0.5) is 5.69 Å². The minimum absolute atomic E-state index is 0.0743. The lowest BCUT2D eigenvalue weighted by Crippen LogP contribution is -2.43. The Hall–Kier alpha value is -4.13. The maximum Gasteiger partial charge on any atom is 0.276 e. The third-order valence-corrected chi connectivity index (χ3v) is 6.00. The molecule has 3 rings (SSSR count). The molecule has 0 atom stereocenters. The summed E-state index contributed by atoms with van der Waals surface area (Å²) in [6.07, 6.45) is 1.01. The quantitative estimate of drug-likeness (QED) is 0.411. The first-order valence-corrected chi connectivity index (χ1v) is 11.5. The molecular formula is C28H31N3O4. The monoisotopic (exact) mass is 473 g/mol. The molecule has 3 aromatic carbocycles. The van der Waals surface area contributed by atoms with Gasteiger partial charge in [0.15, 0.2) is 6.61 Å². The van der Waals surface area contributed by atoms with Crippen molar-refractivity contribution in [3.8, 4) is 5.75 Å². The Balaban J connectivity index is 1.45. The highest BCUT2D eigenvalue weighted by molar-refractivity contribution is 6.05. The summed E-state index contributed by atoms with van der Waals surface area (Å²) < 4.78 is 5.50. The zero-order valence-corrected chi connectivity index (χ0v) is 20.5. The lowest BCUT2D eigenvalue weighted by atomic mass is 9.82. The Morgan fingerprint density at radius 3 is 2.11 bits per heavy atom. The Labute approximate surface area is 205 Å². The van der Waals surface area contributed by atoms with E-state index < -0.39 is 11.8 Å². The highest BCUT2D eigenvalue weighted by Gasteiger charge is 2.17. The van der Waals surface area contributed by atoms with Crippen LogP contribution in [0.5, 0.6) is 5.75 Å². The number of hydrogen-bond donors (Lipinski definition) is 3. The second-order valence-electron chi connectivity index (χ2n) is 8.90. The van der Waals surface area contributed by atoms with E-state index in [2.05, 4.69) is 36.9 Å². The van der Waals surface area contributed by atoms with Crippen molar-refractivity contribution in [2.24, 2.45) is 0 Å². The standard InChI is InChI=1S/C28H31N3O4/c1-5-28(3,4)21-12-16-23(17-13-21)35-18-25(32)30-31-26(33)20-10-14-22(15-11-20)29-27(34)24-9-7-6-8-19(24)2/h6-17H,5,18H2,1-4H3,(H,29,34)(H,30,32)(H,31,33). The minimum atomic E-state index is -0.488. The lowest BCUT2D eigenvalue weighted by Gasteiger charge is -2.23. The first-order valence-electron chi connectivity index (χ1n) is 11.5. The number of aryl methyl sites for hydroxylation is 1. The molecule has 0 aliphatic rings. The van der Waals surface area contributed by atoms with Crippen molar-refractivity contribution in [2.75, 3.05) is 11.9 Å². The summed E-state index contributed by atoms with van der Waals surface area (Å²) in [4.78, 5) is 36.8. The number of hydrogen-bond acceptors (Lipinski definition) is 4. The smallest absolute Gasteiger partial charge is 0.276 e. The van der Waals surface area contributed by atoms with Gasteiger partial charge >= 0.3 is 0 Å². The minimum Gasteiger partial charge on any atom is -0.484 e. The van der Waals surface area contributed by atoms with Crippen LogP contribution in [0.2, 0.25) is 0 Å². The van der Waals surface area contributed by atoms with Crippen LogP contribution < -0.4 is 20.9 Å². The number of benzene rings is 3. The van der Waals surface area contributed by atoms with Crippen molar-refractivity contribution < 1.29 is 19.1 Å². The molecular weight excluding hydrogens is 442 g/mol. The van der Waals surface area contributed by atoms with E-state index in [1.807, 2.05) is 43.3 Å². The van der Waals surface area contributed by atoms with Gasteiger partial charge in [-0.3, -0.25) is 25.2 Å². The summed E-state index contributed by atoms with van der Waals surface area (Å²) >= 11 is 0. The molecule has 0 fully saturated rings. The van der Waals surface area contributed by atoms with E-state index in [4.69, 9.17) is 4.74 Å². The number of carbonyl (C=O) groups excluding carboxylic acids is 3. The van der Waals surface area contributed by atoms with Crippen LogP contribution in [0.3, 0.4) is 0 Å². The molecule has 7 heteroatoms. The summed E-state index contributed by atoms with van der Waals surface area (Å²) in [6, 6.07) is 21.3. The molecule has 0 unspecified atom stereocenters. The Kier molecular flexibility index (Phi) is 8.25. The Morgan fingerprint density at radius 1 is 0.829 bits per heavy atom. The fraction of sp³-hybridized carbons (Fsp3) is 0.250. The summed E-state index contributed by atoms with van der Waals surface area (Å²) in [5.41, 5.74) is 8.31. The van der Waals surface area contributed by atoms with E-state index in [1.165, 1.54) is 5.56 Å². The maximum atomic E-state index is 12.4. The first-order chi connectivity index (χ1) is 16.7. The molecule has 0 saturated carbocycles. The van der Waals surface area contributed by atoms with E-state index >= 15 is 0 Å². The third-order valence-electron chi connectivity index (χ3n) is 6.00. The highest BCUT2D eigenvalue weighted by atomic mass is 16.5. The molecule has 0 spiro atoms. The number of carbonyl (C=O) groups is 3. The van der Waals surface area contributed by atoms with E-state index in [9.17, 15) is 14.4 Å². The second-order valence-corrected chi connectivity index (χ2v) is 8.90. The number of ether oxygens (including phenoxy) is 1. The maximum absolute atomic E-state index is 12.4. The van der Waals surface area contributed by atoms with Gasteiger partial charge in [-0.05, 0) is 72.4 Å². The Morgan fingerprint density at radius 2 is 1.49 bits per heavy atom. The third kappa shape index (κ3) is 6.93.